The normalized spacial score (nSPS) is 10.2. The molecule has 0 amide bonds. The second kappa shape index (κ2) is 7.02. The topological polar surface area (TPSA) is 68.0 Å². The number of nitrogens with zero attached hydrogens (tertiary/aromatic N) is 3. The van der Waals surface area contributed by atoms with Crippen molar-refractivity contribution in [3.8, 4) is 17.7 Å². The van der Waals surface area contributed by atoms with Crippen molar-refractivity contribution in [3.05, 3.63) is 46.4 Å². The second-order valence-corrected chi connectivity index (χ2v) is 4.66. The Balaban J connectivity index is 2.27. The number of halogens is 1. The minimum absolute atomic E-state index is 0.268. The van der Waals surface area contributed by atoms with E-state index in [-0.39, 0.29) is 11.8 Å². The zero-order valence-electron chi connectivity index (χ0n) is 11.8. The highest BCUT2D eigenvalue weighted by Gasteiger charge is 2.08. The molecule has 2 rings (SSSR count). The minimum Gasteiger partial charge on any atom is -0.439 e. The van der Waals surface area contributed by atoms with E-state index in [1.807, 2.05) is 19.9 Å². The van der Waals surface area contributed by atoms with Gasteiger partial charge in [-0.05, 0) is 31.5 Å². The first kappa shape index (κ1) is 15.2. The van der Waals surface area contributed by atoms with Crippen LogP contribution in [0.25, 0.3) is 0 Å². The van der Waals surface area contributed by atoms with Gasteiger partial charge < -0.3 is 9.47 Å². The molecule has 0 atom stereocenters. The molecule has 5 nitrogen and oxygen atoms in total. The number of aryl methyl sites for hydroxylation is 1. The number of hydrogen-bond acceptors (Lipinski definition) is 5. The lowest BCUT2D eigenvalue weighted by molar-refractivity contribution is 0.128. The number of hydrogen-bond donors (Lipinski definition) is 0. The summed E-state index contributed by atoms with van der Waals surface area (Å²) in [5, 5.41) is 9.22. The van der Waals surface area contributed by atoms with Gasteiger partial charge in [0.15, 0.2) is 5.82 Å². The van der Waals surface area contributed by atoms with Crippen LogP contribution in [0.2, 0.25) is 5.15 Å². The Bertz CT molecular complexity index is 683. The highest BCUT2D eigenvalue weighted by Crippen LogP contribution is 2.26. The number of aromatic nitrogens is 2. The monoisotopic (exact) mass is 303 g/mol. The molecule has 0 spiro atoms. The Morgan fingerprint density at radius 1 is 1.29 bits per heavy atom. The lowest BCUT2D eigenvalue weighted by Gasteiger charge is -2.09. The molecular weight excluding hydrogens is 290 g/mol. The summed E-state index contributed by atoms with van der Waals surface area (Å²) in [7, 11) is 0. The van der Waals surface area contributed by atoms with Gasteiger partial charge in [0, 0.05) is 12.7 Å². The molecule has 21 heavy (non-hydrogen) atoms. The summed E-state index contributed by atoms with van der Waals surface area (Å²) >= 11 is 5.95. The predicted molar refractivity (Wildman–Crippen MR) is 78.3 cm³/mol. The molecule has 0 bridgehead atoms. The van der Waals surface area contributed by atoms with E-state index in [4.69, 9.17) is 26.3 Å². The quantitative estimate of drug-likeness (QED) is 0.789. The number of ether oxygens (including phenoxy) is 2. The van der Waals surface area contributed by atoms with Crippen LogP contribution in [0.1, 0.15) is 23.9 Å². The molecule has 1 heterocycles. The van der Waals surface area contributed by atoms with Crippen molar-refractivity contribution in [2.24, 2.45) is 0 Å². The molecule has 1 aromatic heterocycles. The smallest absolute Gasteiger partial charge is 0.224 e. The van der Waals surface area contributed by atoms with Crippen LogP contribution in [-0.2, 0) is 11.3 Å². The fourth-order valence-corrected chi connectivity index (χ4v) is 1.84. The van der Waals surface area contributed by atoms with Gasteiger partial charge in [-0.2, -0.15) is 10.2 Å². The van der Waals surface area contributed by atoms with Gasteiger partial charge in [-0.1, -0.05) is 17.7 Å². The van der Waals surface area contributed by atoms with Gasteiger partial charge in [0.2, 0.25) is 5.88 Å². The fraction of sp³-hybridized carbons (Fsp3) is 0.267. The molecule has 0 radical (unpaired) electrons. The summed E-state index contributed by atoms with van der Waals surface area (Å²) in [6.45, 7) is 4.61. The average molecular weight is 304 g/mol. The largest absolute Gasteiger partial charge is 0.439 e. The van der Waals surface area contributed by atoms with Gasteiger partial charge in [0.05, 0.1) is 11.6 Å². The summed E-state index contributed by atoms with van der Waals surface area (Å²) in [5.41, 5.74) is 1.42. The van der Waals surface area contributed by atoms with Crippen molar-refractivity contribution in [1.82, 2.24) is 9.97 Å². The summed E-state index contributed by atoms with van der Waals surface area (Å²) in [6.07, 6.45) is 0. The first-order valence-electron chi connectivity index (χ1n) is 6.42. The van der Waals surface area contributed by atoms with E-state index in [1.165, 1.54) is 6.07 Å². The average Bonchev–Trinajstić information content (AvgIpc) is 2.47. The van der Waals surface area contributed by atoms with Crippen molar-refractivity contribution in [2.75, 3.05) is 6.61 Å². The molecule has 0 saturated carbocycles. The Kier molecular flexibility index (Phi) is 5.09. The van der Waals surface area contributed by atoms with Crippen LogP contribution >= 0.6 is 11.6 Å². The first-order chi connectivity index (χ1) is 10.1. The van der Waals surface area contributed by atoms with Crippen molar-refractivity contribution in [2.45, 2.75) is 20.5 Å². The lowest BCUT2D eigenvalue weighted by Crippen LogP contribution is -2.01. The van der Waals surface area contributed by atoms with E-state index < -0.39 is 0 Å². The maximum absolute atomic E-state index is 8.94. The third-order valence-electron chi connectivity index (χ3n) is 2.68. The van der Waals surface area contributed by atoms with Gasteiger partial charge >= 0.3 is 0 Å². The van der Waals surface area contributed by atoms with E-state index in [9.17, 15) is 0 Å². The minimum atomic E-state index is 0.268. The Morgan fingerprint density at radius 2 is 2.10 bits per heavy atom. The molecule has 0 aliphatic heterocycles. The second-order valence-electron chi connectivity index (χ2n) is 4.28. The molecule has 0 unspecified atom stereocenters. The van der Waals surface area contributed by atoms with Crippen molar-refractivity contribution < 1.29 is 9.47 Å². The third-order valence-corrected chi connectivity index (χ3v) is 2.88. The molecular formula is C15H14ClN3O2. The van der Waals surface area contributed by atoms with Crippen LogP contribution in [0.5, 0.6) is 11.6 Å². The van der Waals surface area contributed by atoms with Crippen molar-refractivity contribution in [1.29, 1.82) is 5.26 Å². The van der Waals surface area contributed by atoms with E-state index in [1.54, 1.807) is 12.1 Å². The summed E-state index contributed by atoms with van der Waals surface area (Å²) < 4.78 is 11.0. The fourth-order valence-electron chi connectivity index (χ4n) is 1.64. The number of benzene rings is 1. The number of rotatable bonds is 5. The molecule has 6 heteroatoms. The molecule has 0 aliphatic carbocycles. The molecule has 0 saturated heterocycles. The van der Waals surface area contributed by atoms with E-state index in [0.717, 1.165) is 5.56 Å². The standard InChI is InChI=1S/C15H14ClN3O2/c1-3-20-9-14-18-13(16)7-15(19-14)21-12-6-11(8-17)5-4-10(12)2/h4-7H,3,9H2,1-2H3. The third kappa shape index (κ3) is 4.15. The first-order valence-corrected chi connectivity index (χ1v) is 6.80. The Morgan fingerprint density at radius 3 is 2.81 bits per heavy atom. The lowest BCUT2D eigenvalue weighted by atomic mass is 10.1. The van der Waals surface area contributed by atoms with Crippen molar-refractivity contribution >= 4 is 11.6 Å². The zero-order chi connectivity index (χ0) is 15.2. The van der Waals surface area contributed by atoms with E-state index in [0.29, 0.717) is 29.6 Å². The van der Waals surface area contributed by atoms with Crippen LogP contribution in [0.4, 0.5) is 0 Å². The van der Waals surface area contributed by atoms with E-state index in [2.05, 4.69) is 16.0 Å². The molecule has 0 fully saturated rings. The van der Waals surface area contributed by atoms with Gasteiger partial charge in [-0.25, -0.2) is 4.98 Å². The van der Waals surface area contributed by atoms with Crippen LogP contribution in [0.15, 0.2) is 24.3 Å². The van der Waals surface area contributed by atoms with Gasteiger partial charge in [-0.15, -0.1) is 0 Å². The maximum Gasteiger partial charge on any atom is 0.224 e. The number of nitriles is 1. The van der Waals surface area contributed by atoms with Gasteiger partial charge in [-0.3, -0.25) is 0 Å². The predicted octanol–water partition coefficient (Wildman–Crippen LogP) is 3.64. The zero-order valence-corrected chi connectivity index (χ0v) is 12.5. The highest BCUT2D eigenvalue weighted by atomic mass is 35.5. The molecule has 0 aliphatic rings. The maximum atomic E-state index is 8.94. The Hall–Kier alpha value is -2.16. The van der Waals surface area contributed by atoms with Crippen LogP contribution < -0.4 is 4.74 Å². The summed E-state index contributed by atoms with van der Waals surface area (Å²) in [4.78, 5) is 8.30. The van der Waals surface area contributed by atoms with Gasteiger partial charge in [0.25, 0.3) is 0 Å². The molecule has 2 aromatic rings. The van der Waals surface area contributed by atoms with Crippen LogP contribution in [0.3, 0.4) is 0 Å². The van der Waals surface area contributed by atoms with Crippen LogP contribution in [-0.4, -0.2) is 16.6 Å². The van der Waals surface area contributed by atoms with Crippen LogP contribution in [0, 0.1) is 18.3 Å². The Labute approximate surface area is 128 Å². The summed E-state index contributed by atoms with van der Waals surface area (Å²) in [6, 6.07) is 8.80. The summed E-state index contributed by atoms with van der Waals surface area (Å²) in [5.74, 6) is 1.34. The highest BCUT2D eigenvalue weighted by molar-refractivity contribution is 6.29. The van der Waals surface area contributed by atoms with E-state index >= 15 is 0 Å². The molecule has 0 N–H and O–H groups in total. The SMILES string of the molecule is CCOCc1nc(Cl)cc(Oc2cc(C#N)ccc2C)n1. The van der Waals surface area contributed by atoms with Crippen molar-refractivity contribution in [3.63, 3.8) is 0 Å². The molecule has 1 aromatic carbocycles. The molecule has 108 valence electrons. The van der Waals surface area contributed by atoms with Gasteiger partial charge in [0.1, 0.15) is 17.5 Å².